The first-order valence-electron chi connectivity index (χ1n) is 10.6. The highest BCUT2D eigenvalue weighted by Gasteiger charge is 2.33. The molecule has 1 N–H and O–H groups in total. The van der Waals surface area contributed by atoms with Crippen molar-refractivity contribution >= 4 is 40.9 Å². The summed E-state index contributed by atoms with van der Waals surface area (Å²) >= 11 is 5.44. The van der Waals surface area contributed by atoms with E-state index in [4.69, 9.17) is 20.8 Å². The smallest absolute Gasteiger partial charge is 0.433 e. The Hall–Kier alpha value is -3.38. The zero-order chi connectivity index (χ0) is 24.2. The van der Waals surface area contributed by atoms with Gasteiger partial charge in [0.25, 0.3) is 0 Å². The summed E-state index contributed by atoms with van der Waals surface area (Å²) in [6, 6.07) is 7.50. The number of nitrogens with one attached hydrogen (secondary N) is 1. The second kappa shape index (κ2) is 10.3. The fourth-order valence-corrected chi connectivity index (χ4v) is 4.05. The summed E-state index contributed by atoms with van der Waals surface area (Å²) in [5, 5.41) is 13.3. The lowest BCUT2D eigenvalue weighted by Crippen LogP contribution is -2.46. The highest BCUT2D eigenvalue weighted by molar-refractivity contribution is 6.27. The van der Waals surface area contributed by atoms with Crippen molar-refractivity contribution in [2.45, 2.75) is 12.6 Å². The summed E-state index contributed by atoms with van der Waals surface area (Å²) in [5.74, 6) is -0.786. The van der Waals surface area contributed by atoms with Crippen molar-refractivity contribution in [1.82, 2.24) is 10.2 Å². The van der Waals surface area contributed by atoms with Crippen LogP contribution < -0.4 is 15.1 Å². The summed E-state index contributed by atoms with van der Waals surface area (Å²) in [6.45, 7) is 3.13. The Balaban J connectivity index is 1.32. The van der Waals surface area contributed by atoms with Gasteiger partial charge in [0, 0.05) is 26.2 Å². The number of ether oxygens (including phenoxy) is 1. The molecule has 4 rings (SSSR count). The number of halogens is 2. The number of anilines is 2. The molecular formula is C21H23ClFN5O6. The Morgan fingerprint density at radius 1 is 1.24 bits per heavy atom. The molecular weight excluding hydrogens is 473 g/mol. The minimum absolute atomic E-state index is 0.129. The van der Waals surface area contributed by atoms with Gasteiger partial charge in [-0.1, -0.05) is 0 Å². The van der Waals surface area contributed by atoms with E-state index >= 15 is 0 Å². The van der Waals surface area contributed by atoms with Gasteiger partial charge in [0.1, 0.15) is 28.5 Å². The number of furan rings is 1. The Bertz CT molecular complexity index is 1070. The SMILES string of the molecule is O=C(CCl)NC[C@H]1CN(c2ccc(N3CCN(Cc4ccc([N+](=O)[O-])o4)CC3)c(F)c2)C(=O)O1. The van der Waals surface area contributed by atoms with Crippen molar-refractivity contribution in [1.29, 1.82) is 0 Å². The third kappa shape index (κ3) is 5.39. The van der Waals surface area contributed by atoms with E-state index in [-0.39, 0.29) is 30.8 Å². The number of carbonyl (C=O) groups is 2. The van der Waals surface area contributed by atoms with E-state index in [1.807, 2.05) is 4.90 Å². The highest BCUT2D eigenvalue weighted by Crippen LogP contribution is 2.29. The van der Waals surface area contributed by atoms with Crippen LogP contribution in [0.15, 0.2) is 34.7 Å². The molecule has 2 saturated heterocycles. The summed E-state index contributed by atoms with van der Waals surface area (Å²) < 4.78 is 25.4. The number of carbonyl (C=O) groups excluding carboxylic acids is 2. The quantitative estimate of drug-likeness (QED) is 0.336. The lowest BCUT2D eigenvalue weighted by molar-refractivity contribution is -0.402. The van der Waals surface area contributed by atoms with Crippen molar-refractivity contribution in [3.8, 4) is 0 Å². The molecule has 2 fully saturated rings. The molecule has 0 unspecified atom stereocenters. The lowest BCUT2D eigenvalue weighted by Gasteiger charge is -2.36. The molecule has 2 amide bonds. The van der Waals surface area contributed by atoms with Crippen molar-refractivity contribution in [3.63, 3.8) is 0 Å². The molecule has 1 atom stereocenters. The van der Waals surface area contributed by atoms with Crippen LogP contribution in [0, 0.1) is 15.9 Å². The van der Waals surface area contributed by atoms with Gasteiger partial charge in [-0.25, -0.2) is 9.18 Å². The van der Waals surface area contributed by atoms with Gasteiger partial charge in [0.15, 0.2) is 0 Å². The van der Waals surface area contributed by atoms with Gasteiger partial charge in [0.2, 0.25) is 5.91 Å². The summed E-state index contributed by atoms with van der Waals surface area (Å²) in [6.07, 6.45) is -1.16. The Morgan fingerprint density at radius 3 is 2.65 bits per heavy atom. The number of piperazine rings is 1. The maximum absolute atomic E-state index is 14.9. The number of benzene rings is 1. The second-order valence-electron chi connectivity index (χ2n) is 7.95. The molecule has 2 aliphatic rings. The molecule has 0 radical (unpaired) electrons. The van der Waals surface area contributed by atoms with E-state index in [2.05, 4.69) is 10.2 Å². The molecule has 0 bridgehead atoms. The minimum Gasteiger partial charge on any atom is -0.442 e. The molecule has 13 heteroatoms. The van der Waals surface area contributed by atoms with Crippen LogP contribution in [-0.2, 0) is 16.1 Å². The molecule has 2 aromatic rings. The Kier molecular flexibility index (Phi) is 7.17. The topological polar surface area (TPSA) is 121 Å². The number of hydrogen-bond donors (Lipinski definition) is 1. The standard InChI is InChI=1S/C21H23ClFN5O6/c22-10-19(29)24-11-16-13-27(21(30)34-16)14-1-3-18(17(23)9-14)26-7-5-25(6-8-26)12-15-2-4-20(33-15)28(31)32/h1-4,9,16H,5-8,10-13H2,(H,24,29)/t16-/m0/s1. The van der Waals surface area contributed by atoms with E-state index in [1.165, 1.54) is 17.0 Å². The minimum atomic E-state index is -0.607. The predicted octanol–water partition coefficient (Wildman–Crippen LogP) is 2.33. The van der Waals surface area contributed by atoms with Crippen LogP contribution in [0.2, 0.25) is 0 Å². The number of nitrogens with zero attached hydrogens (tertiary/aromatic N) is 4. The van der Waals surface area contributed by atoms with Crippen LogP contribution in [0.5, 0.6) is 0 Å². The summed E-state index contributed by atoms with van der Waals surface area (Å²) in [5.41, 5.74) is 0.797. The number of rotatable bonds is 8. The largest absolute Gasteiger partial charge is 0.442 e. The molecule has 1 aromatic heterocycles. The summed E-state index contributed by atoms with van der Waals surface area (Å²) in [4.78, 5) is 39.0. The maximum Gasteiger partial charge on any atom is 0.433 e. The van der Waals surface area contributed by atoms with E-state index in [0.717, 1.165) is 0 Å². The van der Waals surface area contributed by atoms with Crippen molar-refractivity contribution in [3.05, 3.63) is 52.0 Å². The van der Waals surface area contributed by atoms with E-state index < -0.39 is 22.9 Å². The third-order valence-corrected chi connectivity index (χ3v) is 5.93. The van der Waals surface area contributed by atoms with Gasteiger partial charge in [-0.15, -0.1) is 11.6 Å². The highest BCUT2D eigenvalue weighted by atomic mass is 35.5. The third-order valence-electron chi connectivity index (χ3n) is 5.69. The molecule has 2 aliphatic heterocycles. The molecule has 1 aromatic carbocycles. The van der Waals surface area contributed by atoms with E-state index in [9.17, 15) is 24.1 Å². The molecule has 0 saturated carbocycles. The molecule has 0 aliphatic carbocycles. The summed E-state index contributed by atoms with van der Waals surface area (Å²) in [7, 11) is 0. The molecule has 34 heavy (non-hydrogen) atoms. The van der Waals surface area contributed by atoms with Crippen LogP contribution in [0.25, 0.3) is 0 Å². The average molecular weight is 496 g/mol. The van der Waals surface area contributed by atoms with Crippen molar-refractivity contribution in [2.75, 3.05) is 54.9 Å². The number of hydrogen-bond acceptors (Lipinski definition) is 8. The van der Waals surface area contributed by atoms with Gasteiger partial charge < -0.3 is 19.4 Å². The normalized spacial score (nSPS) is 18.8. The van der Waals surface area contributed by atoms with Crippen molar-refractivity contribution < 1.29 is 28.1 Å². The Morgan fingerprint density at radius 2 is 2.00 bits per heavy atom. The monoisotopic (exact) mass is 495 g/mol. The molecule has 182 valence electrons. The van der Waals surface area contributed by atoms with Gasteiger partial charge in [-0.05, 0) is 24.3 Å². The predicted molar refractivity (Wildman–Crippen MR) is 121 cm³/mol. The number of cyclic esters (lactones) is 1. The Labute approximate surface area is 199 Å². The van der Waals surface area contributed by atoms with Crippen LogP contribution >= 0.6 is 11.6 Å². The van der Waals surface area contributed by atoms with Gasteiger partial charge in [-0.3, -0.25) is 24.7 Å². The molecule has 3 heterocycles. The van der Waals surface area contributed by atoms with E-state index in [1.54, 1.807) is 18.2 Å². The maximum atomic E-state index is 14.9. The fourth-order valence-electron chi connectivity index (χ4n) is 3.95. The lowest BCUT2D eigenvalue weighted by atomic mass is 10.2. The van der Waals surface area contributed by atoms with Gasteiger partial charge >= 0.3 is 12.0 Å². The fraction of sp³-hybridized carbons (Fsp3) is 0.429. The van der Waals surface area contributed by atoms with E-state index in [0.29, 0.717) is 49.9 Å². The number of nitro groups is 1. The average Bonchev–Trinajstić information content (AvgIpc) is 3.44. The van der Waals surface area contributed by atoms with Gasteiger partial charge in [0.05, 0.1) is 37.1 Å². The van der Waals surface area contributed by atoms with Crippen molar-refractivity contribution in [2.24, 2.45) is 0 Å². The number of alkyl halides is 1. The van der Waals surface area contributed by atoms with Crippen LogP contribution in [0.3, 0.4) is 0 Å². The zero-order valence-corrected chi connectivity index (χ0v) is 18.9. The molecule has 11 nitrogen and oxygen atoms in total. The molecule has 0 spiro atoms. The number of amides is 2. The van der Waals surface area contributed by atoms with Crippen LogP contribution in [0.1, 0.15) is 5.76 Å². The first kappa shape index (κ1) is 23.8. The van der Waals surface area contributed by atoms with Gasteiger partial charge in [-0.2, -0.15) is 0 Å². The zero-order valence-electron chi connectivity index (χ0n) is 18.1. The van der Waals surface area contributed by atoms with Crippen LogP contribution in [-0.4, -0.2) is 73.1 Å². The first-order valence-corrected chi connectivity index (χ1v) is 11.2. The first-order chi connectivity index (χ1) is 16.3. The second-order valence-corrected chi connectivity index (χ2v) is 8.22. The van der Waals surface area contributed by atoms with Crippen LogP contribution in [0.4, 0.5) is 26.4 Å².